The number of hydrogen-bond donors (Lipinski definition) is 4. The number of nitrogens with zero attached hydrogens (tertiary/aromatic N) is 4. The van der Waals surface area contributed by atoms with Gasteiger partial charge < -0.3 is 29.3 Å². The molecule has 0 bridgehead atoms. The van der Waals surface area contributed by atoms with E-state index in [4.69, 9.17) is 30.6 Å². The molecule has 138 valence electrons. The summed E-state index contributed by atoms with van der Waals surface area (Å²) in [6, 6.07) is 0. The predicted molar refractivity (Wildman–Crippen MR) is 93.5 cm³/mol. The van der Waals surface area contributed by atoms with Crippen molar-refractivity contribution in [2.45, 2.75) is 25.0 Å². The van der Waals surface area contributed by atoms with Crippen LogP contribution in [0.5, 0.6) is 0 Å². The fourth-order valence-corrected chi connectivity index (χ4v) is 4.31. The van der Waals surface area contributed by atoms with Gasteiger partial charge >= 0.3 is 0 Å². The van der Waals surface area contributed by atoms with Crippen LogP contribution in [-0.4, -0.2) is 59.9 Å². The molecule has 3 heterocycles. The normalized spacial score (nSPS) is 22.0. The van der Waals surface area contributed by atoms with Crippen molar-refractivity contribution in [3.63, 3.8) is 0 Å². The molecule has 0 aromatic carbocycles. The number of aromatic nitrogens is 4. The second-order valence-electron chi connectivity index (χ2n) is 5.38. The Bertz CT molecular complexity index is 735. The summed E-state index contributed by atoms with van der Waals surface area (Å²) in [6.45, 7) is 0.191. The van der Waals surface area contributed by atoms with Gasteiger partial charge in [-0.1, -0.05) is 0 Å². The fraction of sp³-hybridized carbons (Fsp3) is 0.583. The number of ether oxygens (including phenoxy) is 1. The third-order valence-corrected chi connectivity index (χ3v) is 6.28. The average Bonchev–Trinajstić information content (AvgIpc) is 3.17. The van der Waals surface area contributed by atoms with Crippen LogP contribution in [0.3, 0.4) is 0 Å². The highest BCUT2D eigenvalue weighted by atomic mass is 35.5. The fourth-order valence-electron chi connectivity index (χ4n) is 2.62. The first kappa shape index (κ1) is 19.1. The zero-order valence-corrected chi connectivity index (χ0v) is 15.8. The van der Waals surface area contributed by atoms with Gasteiger partial charge in [0.25, 0.3) is 0 Å². The van der Waals surface area contributed by atoms with Crippen LogP contribution in [-0.2, 0) is 9.26 Å². The Morgan fingerprint density at radius 2 is 2.24 bits per heavy atom. The lowest BCUT2D eigenvalue weighted by Gasteiger charge is -2.16. The minimum Gasteiger partial charge on any atom is -0.370 e. The zero-order valence-electron chi connectivity index (χ0n) is 13.3. The van der Waals surface area contributed by atoms with E-state index < -0.39 is 16.8 Å². The molecule has 1 aliphatic heterocycles. The Hall–Kier alpha value is -0.700. The summed E-state index contributed by atoms with van der Waals surface area (Å²) in [7, 11) is -2.28. The predicted octanol–water partition coefficient (Wildman–Crippen LogP) is 1.61. The lowest BCUT2D eigenvalue weighted by molar-refractivity contribution is 0.0151. The van der Waals surface area contributed by atoms with Crippen LogP contribution in [0, 0.1) is 0 Å². The maximum absolute atomic E-state index is 9.59. The number of nitrogens with one attached hydrogen (secondary N) is 1. The van der Waals surface area contributed by atoms with E-state index in [9.17, 15) is 4.89 Å². The van der Waals surface area contributed by atoms with Gasteiger partial charge in [-0.2, -0.15) is 4.98 Å². The molecule has 0 spiro atoms. The highest BCUT2D eigenvalue weighted by Crippen LogP contribution is 2.44. The van der Waals surface area contributed by atoms with Gasteiger partial charge in [0.2, 0.25) is 5.28 Å². The molecule has 13 heteroatoms. The van der Waals surface area contributed by atoms with Gasteiger partial charge in [0, 0.05) is 7.05 Å². The number of halogens is 1. The standard InChI is InChI=1S/C12H18ClN5O5P2/c1-14-10-11-15-4-8(18(11)17-12(13)16-10)9-3-2-7(23-9)5-22-25(21)6-24(19)20/h4,7,9,19-21H,2-3,5-6H2,1H3,(H,14,16,17). The summed E-state index contributed by atoms with van der Waals surface area (Å²) < 4.78 is 12.8. The van der Waals surface area contributed by atoms with Gasteiger partial charge in [0.15, 0.2) is 28.2 Å². The van der Waals surface area contributed by atoms with E-state index in [2.05, 4.69) is 20.4 Å². The highest BCUT2D eigenvalue weighted by molar-refractivity contribution is 7.63. The SMILES string of the molecule is CNc1nc(Cl)nn2c(C3CCC(COP(O)CP(O)O)O3)cnc12. The molecule has 3 atom stereocenters. The van der Waals surface area contributed by atoms with Crippen LogP contribution in [0.25, 0.3) is 5.65 Å². The van der Waals surface area contributed by atoms with Crippen LogP contribution in [0.4, 0.5) is 5.82 Å². The summed E-state index contributed by atoms with van der Waals surface area (Å²) in [4.78, 5) is 35.7. The van der Waals surface area contributed by atoms with Crippen molar-refractivity contribution in [2.75, 3.05) is 24.9 Å². The lowest BCUT2D eigenvalue weighted by Crippen LogP contribution is -2.14. The number of anilines is 1. The van der Waals surface area contributed by atoms with Crippen molar-refractivity contribution in [2.24, 2.45) is 0 Å². The Kier molecular flexibility index (Phi) is 6.35. The second-order valence-corrected chi connectivity index (χ2v) is 8.56. The van der Waals surface area contributed by atoms with Gasteiger partial charge in [0.05, 0.1) is 30.5 Å². The number of fused-ring (bicyclic) bond motifs is 1. The van der Waals surface area contributed by atoms with E-state index in [0.717, 1.165) is 18.5 Å². The average molecular weight is 410 g/mol. The van der Waals surface area contributed by atoms with Gasteiger partial charge in [-0.15, -0.1) is 5.10 Å². The van der Waals surface area contributed by atoms with Crippen LogP contribution in [0.2, 0.25) is 5.28 Å². The molecule has 0 radical (unpaired) electrons. The zero-order chi connectivity index (χ0) is 18.0. The first-order valence-electron chi connectivity index (χ1n) is 7.47. The first-order chi connectivity index (χ1) is 12.0. The molecule has 25 heavy (non-hydrogen) atoms. The largest absolute Gasteiger partial charge is 0.370 e. The van der Waals surface area contributed by atoms with Crippen molar-refractivity contribution < 1.29 is 23.9 Å². The topological polar surface area (TPSA) is 134 Å². The molecule has 3 unspecified atom stereocenters. The maximum atomic E-state index is 9.59. The molecule has 1 saturated heterocycles. The molecule has 3 rings (SSSR count). The van der Waals surface area contributed by atoms with E-state index in [1.54, 1.807) is 17.8 Å². The van der Waals surface area contributed by atoms with E-state index in [1.807, 2.05) is 0 Å². The molecule has 0 aliphatic carbocycles. The molecule has 2 aromatic rings. The lowest BCUT2D eigenvalue weighted by atomic mass is 10.1. The van der Waals surface area contributed by atoms with Crippen molar-refractivity contribution >= 4 is 39.8 Å². The van der Waals surface area contributed by atoms with Crippen LogP contribution < -0.4 is 5.32 Å². The minimum absolute atomic E-state index is 0.101. The first-order valence-corrected chi connectivity index (χ1v) is 10.7. The van der Waals surface area contributed by atoms with Gasteiger partial charge in [0.1, 0.15) is 6.10 Å². The Morgan fingerprint density at radius 1 is 1.44 bits per heavy atom. The molecule has 0 amide bonds. The van der Waals surface area contributed by atoms with Crippen LogP contribution in [0.15, 0.2) is 6.20 Å². The summed E-state index contributed by atoms with van der Waals surface area (Å²) in [5.41, 5.74) is 1.32. The number of hydrogen-bond acceptors (Lipinski definition) is 9. The summed E-state index contributed by atoms with van der Waals surface area (Å²) >= 11 is 5.96. The summed E-state index contributed by atoms with van der Waals surface area (Å²) in [6.07, 6.45) is 2.74. The number of rotatable bonds is 7. The molecule has 10 nitrogen and oxygen atoms in total. The Morgan fingerprint density at radius 3 is 2.96 bits per heavy atom. The summed E-state index contributed by atoms with van der Waals surface area (Å²) in [5.74, 6) is 0.385. The van der Waals surface area contributed by atoms with Crippen molar-refractivity contribution in [1.82, 2.24) is 19.6 Å². The third-order valence-electron chi connectivity index (χ3n) is 3.69. The van der Waals surface area contributed by atoms with E-state index in [1.165, 1.54) is 0 Å². The van der Waals surface area contributed by atoms with Crippen LogP contribution in [0.1, 0.15) is 24.6 Å². The molecule has 4 N–H and O–H groups in total. The maximum Gasteiger partial charge on any atom is 0.243 e. The molecule has 0 saturated carbocycles. The molecular weight excluding hydrogens is 392 g/mol. The van der Waals surface area contributed by atoms with E-state index in [-0.39, 0.29) is 30.0 Å². The van der Waals surface area contributed by atoms with Crippen LogP contribution >= 0.6 is 28.4 Å². The molecular formula is C12H18ClN5O5P2. The van der Waals surface area contributed by atoms with E-state index in [0.29, 0.717) is 11.5 Å². The molecule has 1 aliphatic rings. The third kappa shape index (κ3) is 4.53. The van der Waals surface area contributed by atoms with Gasteiger partial charge in [-0.05, 0) is 24.4 Å². The van der Waals surface area contributed by atoms with Gasteiger partial charge in [-0.25, -0.2) is 9.50 Å². The Labute approximate surface area is 151 Å². The smallest absolute Gasteiger partial charge is 0.243 e. The van der Waals surface area contributed by atoms with Crippen molar-refractivity contribution in [1.29, 1.82) is 0 Å². The molecule has 1 fully saturated rings. The van der Waals surface area contributed by atoms with Crippen molar-refractivity contribution in [3.8, 4) is 0 Å². The second kappa shape index (κ2) is 8.33. The Balaban J connectivity index is 1.66. The highest BCUT2D eigenvalue weighted by Gasteiger charge is 2.30. The number of imidazole rings is 1. The van der Waals surface area contributed by atoms with E-state index >= 15 is 0 Å². The summed E-state index contributed by atoms with van der Waals surface area (Å²) in [5, 5.41) is 7.22. The van der Waals surface area contributed by atoms with Crippen molar-refractivity contribution in [3.05, 3.63) is 17.2 Å². The monoisotopic (exact) mass is 409 g/mol. The van der Waals surface area contributed by atoms with Gasteiger partial charge in [-0.3, -0.25) is 0 Å². The minimum atomic E-state index is -2.16. The molecule has 2 aromatic heterocycles. The quantitative estimate of drug-likeness (QED) is 0.503.